The van der Waals surface area contributed by atoms with Crippen molar-refractivity contribution in [3.63, 3.8) is 0 Å². The van der Waals surface area contributed by atoms with E-state index in [1.165, 1.54) is 0 Å². The Labute approximate surface area is 182 Å². The number of nitrogens with zero attached hydrogens (tertiary/aromatic N) is 4. The summed E-state index contributed by atoms with van der Waals surface area (Å²) in [7, 11) is 4.21. The number of fused-ring (bicyclic) bond motifs is 1. The van der Waals surface area contributed by atoms with Gasteiger partial charge in [-0.2, -0.15) is 5.10 Å². The summed E-state index contributed by atoms with van der Waals surface area (Å²) in [6.07, 6.45) is 2.11. The van der Waals surface area contributed by atoms with Gasteiger partial charge in [0.25, 0.3) is 0 Å². The first-order valence-electron chi connectivity index (χ1n) is 9.78. The average molecular weight is 434 g/mol. The Balaban J connectivity index is 0.00000364. The van der Waals surface area contributed by atoms with E-state index in [4.69, 9.17) is 5.10 Å². The van der Waals surface area contributed by atoms with Crippen LogP contribution in [0, 0.1) is 0 Å². The first kappa shape index (κ1) is 26.8. The third-order valence-electron chi connectivity index (χ3n) is 5.21. The van der Waals surface area contributed by atoms with Gasteiger partial charge in [-0.25, -0.2) is 0 Å². The maximum absolute atomic E-state index is 9.88. The van der Waals surface area contributed by atoms with Crippen LogP contribution < -0.4 is 5.32 Å². The molecule has 0 bridgehead atoms. The van der Waals surface area contributed by atoms with E-state index in [0.29, 0.717) is 6.04 Å². The molecule has 0 radical (unpaired) electrons. The van der Waals surface area contributed by atoms with Crippen LogP contribution in [0.3, 0.4) is 0 Å². The molecule has 6 nitrogen and oxygen atoms in total. The standard InChI is InChI=1S/C20H35N5O.2ClH/c1-6-24(7-2)13-8-12-21-20-18-15-17(26)9-10-19(18)25(22-20)14-11-16(3)23(4)5;;/h9-10,15-16,26H,6-8,11-14H2,1-5H3,(H,21,22);2*1H. The number of anilines is 1. The third-order valence-corrected chi connectivity index (χ3v) is 5.21. The number of rotatable bonds is 11. The zero-order valence-electron chi connectivity index (χ0n) is 17.8. The largest absolute Gasteiger partial charge is 0.508 e. The summed E-state index contributed by atoms with van der Waals surface area (Å²) in [6.45, 7) is 11.6. The highest BCUT2D eigenvalue weighted by Crippen LogP contribution is 2.27. The van der Waals surface area contributed by atoms with Crippen LogP contribution in [-0.2, 0) is 6.54 Å². The lowest BCUT2D eigenvalue weighted by atomic mass is 10.2. The van der Waals surface area contributed by atoms with Gasteiger partial charge in [-0.05, 0) is 71.7 Å². The summed E-state index contributed by atoms with van der Waals surface area (Å²) in [5.74, 6) is 1.15. The molecule has 1 atom stereocenters. The highest BCUT2D eigenvalue weighted by atomic mass is 35.5. The van der Waals surface area contributed by atoms with E-state index in [2.05, 4.69) is 54.7 Å². The van der Waals surface area contributed by atoms with Crippen molar-refractivity contribution in [2.45, 2.75) is 46.2 Å². The molecule has 28 heavy (non-hydrogen) atoms. The van der Waals surface area contributed by atoms with Crippen LogP contribution in [0.1, 0.15) is 33.6 Å². The highest BCUT2D eigenvalue weighted by molar-refractivity contribution is 5.91. The second-order valence-electron chi connectivity index (χ2n) is 7.18. The first-order valence-corrected chi connectivity index (χ1v) is 9.78. The molecule has 0 saturated heterocycles. The molecule has 1 heterocycles. The number of aromatic hydroxyl groups is 1. The Morgan fingerprint density at radius 2 is 1.86 bits per heavy atom. The molecule has 0 aliphatic heterocycles. The van der Waals surface area contributed by atoms with E-state index in [9.17, 15) is 5.11 Å². The number of phenolic OH excluding ortho intramolecular Hbond substituents is 1. The smallest absolute Gasteiger partial charge is 0.156 e. The Hall–Kier alpha value is -1.21. The predicted octanol–water partition coefficient (Wildman–Crippen LogP) is 4.07. The average Bonchev–Trinajstić information content (AvgIpc) is 2.96. The maximum Gasteiger partial charge on any atom is 0.156 e. The van der Waals surface area contributed by atoms with Gasteiger partial charge in [-0.15, -0.1) is 24.8 Å². The molecule has 2 rings (SSSR count). The van der Waals surface area contributed by atoms with Crippen LogP contribution in [0.15, 0.2) is 18.2 Å². The summed E-state index contributed by atoms with van der Waals surface area (Å²) >= 11 is 0. The molecular formula is C20H37Cl2N5O. The van der Waals surface area contributed by atoms with Gasteiger partial charge in [0, 0.05) is 24.5 Å². The van der Waals surface area contributed by atoms with E-state index in [1.807, 2.05) is 6.07 Å². The number of halogens is 2. The molecule has 0 amide bonds. The van der Waals surface area contributed by atoms with Crippen molar-refractivity contribution in [2.24, 2.45) is 0 Å². The van der Waals surface area contributed by atoms with Gasteiger partial charge in [-0.3, -0.25) is 4.68 Å². The SMILES string of the molecule is CCN(CC)CCCNc1nn(CCC(C)N(C)C)c2ccc(O)cc12.Cl.Cl. The molecule has 1 aromatic carbocycles. The topological polar surface area (TPSA) is 56.6 Å². The molecule has 2 aromatic rings. The molecule has 0 saturated carbocycles. The van der Waals surface area contributed by atoms with Crippen LogP contribution in [0.4, 0.5) is 5.82 Å². The van der Waals surface area contributed by atoms with E-state index < -0.39 is 0 Å². The summed E-state index contributed by atoms with van der Waals surface area (Å²) in [5, 5.41) is 19.1. The number of hydrogen-bond donors (Lipinski definition) is 2. The van der Waals surface area contributed by atoms with Gasteiger partial charge in [-0.1, -0.05) is 13.8 Å². The van der Waals surface area contributed by atoms with Crippen LogP contribution in [0.25, 0.3) is 10.9 Å². The summed E-state index contributed by atoms with van der Waals surface area (Å²) < 4.78 is 2.06. The monoisotopic (exact) mass is 433 g/mol. The third kappa shape index (κ3) is 7.32. The zero-order valence-corrected chi connectivity index (χ0v) is 19.4. The second kappa shape index (κ2) is 13.1. The molecule has 0 fully saturated rings. The minimum absolute atomic E-state index is 0. The second-order valence-corrected chi connectivity index (χ2v) is 7.18. The highest BCUT2D eigenvalue weighted by Gasteiger charge is 2.13. The summed E-state index contributed by atoms with van der Waals surface area (Å²) in [4.78, 5) is 4.65. The molecule has 1 aromatic heterocycles. The zero-order chi connectivity index (χ0) is 19.1. The van der Waals surface area contributed by atoms with E-state index in [0.717, 1.165) is 62.3 Å². The van der Waals surface area contributed by atoms with Crippen molar-refractivity contribution in [1.29, 1.82) is 0 Å². The minimum atomic E-state index is 0. The summed E-state index contributed by atoms with van der Waals surface area (Å²) in [5.41, 5.74) is 1.07. The van der Waals surface area contributed by atoms with E-state index >= 15 is 0 Å². The van der Waals surface area contributed by atoms with Gasteiger partial charge in [0.15, 0.2) is 5.82 Å². The Kier molecular flexibility index (Phi) is 12.5. The van der Waals surface area contributed by atoms with Crippen LogP contribution in [0.5, 0.6) is 5.75 Å². The number of hydrogen-bond acceptors (Lipinski definition) is 5. The Bertz CT molecular complexity index is 689. The number of aromatic nitrogens is 2. The van der Waals surface area contributed by atoms with Crippen LogP contribution >= 0.6 is 24.8 Å². The van der Waals surface area contributed by atoms with Crippen LogP contribution in [-0.4, -0.2) is 71.0 Å². The molecule has 0 aliphatic rings. The summed E-state index contributed by atoms with van der Waals surface area (Å²) in [6, 6.07) is 6.00. The maximum atomic E-state index is 9.88. The number of phenols is 1. The fourth-order valence-electron chi connectivity index (χ4n) is 3.08. The Morgan fingerprint density at radius 1 is 1.18 bits per heavy atom. The van der Waals surface area contributed by atoms with Gasteiger partial charge in [0.1, 0.15) is 5.75 Å². The fourth-order valence-corrected chi connectivity index (χ4v) is 3.08. The number of aryl methyl sites for hydroxylation is 1. The quantitative estimate of drug-likeness (QED) is 0.523. The number of nitrogens with one attached hydrogen (secondary N) is 1. The van der Waals surface area contributed by atoms with E-state index in [-0.39, 0.29) is 30.6 Å². The molecule has 8 heteroatoms. The van der Waals surface area contributed by atoms with Crippen molar-refractivity contribution in [3.8, 4) is 5.75 Å². The normalized spacial score (nSPS) is 12.1. The van der Waals surface area contributed by atoms with Crippen molar-refractivity contribution in [3.05, 3.63) is 18.2 Å². The van der Waals surface area contributed by atoms with Gasteiger partial charge < -0.3 is 20.2 Å². The Morgan fingerprint density at radius 3 is 2.46 bits per heavy atom. The molecular weight excluding hydrogens is 397 g/mol. The molecule has 1 unspecified atom stereocenters. The van der Waals surface area contributed by atoms with Gasteiger partial charge >= 0.3 is 0 Å². The minimum Gasteiger partial charge on any atom is -0.508 e. The molecule has 0 spiro atoms. The number of benzene rings is 1. The van der Waals surface area contributed by atoms with Crippen molar-refractivity contribution in [1.82, 2.24) is 19.6 Å². The van der Waals surface area contributed by atoms with Crippen molar-refractivity contribution < 1.29 is 5.11 Å². The van der Waals surface area contributed by atoms with Crippen molar-refractivity contribution >= 4 is 41.5 Å². The lowest BCUT2D eigenvalue weighted by Gasteiger charge is -2.19. The molecule has 162 valence electrons. The lowest BCUT2D eigenvalue weighted by Crippen LogP contribution is -2.26. The molecule has 0 aliphatic carbocycles. The fraction of sp³-hybridized carbons (Fsp3) is 0.650. The lowest BCUT2D eigenvalue weighted by molar-refractivity contribution is 0.286. The van der Waals surface area contributed by atoms with Crippen molar-refractivity contribution in [2.75, 3.05) is 45.6 Å². The van der Waals surface area contributed by atoms with Crippen LogP contribution in [0.2, 0.25) is 0 Å². The van der Waals surface area contributed by atoms with Gasteiger partial charge in [0.2, 0.25) is 0 Å². The van der Waals surface area contributed by atoms with E-state index in [1.54, 1.807) is 12.1 Å². The van der Waals surface area contributed by atoms with Gasteiger partial charge in [0.05, 0.1) is 5.52 Å². The molecule has 2 N–H and O–H groups in total. The predicted molar refractivity (Wildman–Crippen MR) is 125 cm³/mol. The first-order chi connectivity index (χ1) is 12.5.